The predicted molar refractivity (Wildman–Crippen MR) is 325 cm³/mol. The van der Waals surface area contributed by atoms with Crippen molar-refractivity contribution in [3.63, 3.8) is 0 Å². The molecule has 0 unspecified atom stereocenters. The van der Waals surface area contributed by atoms with Gasteiger partial charge in [-0.3, -0.25) is 14.4 Å². The Hall–Kier alpha value is -4.45. The lowest BCUT2D eigenvalue weighted by molar-refractivity contribution is -0.166. The minimum atomic E-state index is -0.847. The fourth-order valence-corrected chi connectivity index (χ4v) is 8.04. The van der Waals surface area contributed by atoms with Crippen LogP contribution in [0.25, 0.3) is 0 Å². The van der Waals surface area contributed by atoms with Crippen LogP contribution in [-0.2, 0) is 28.6 Å². The van der Waals surface area contributed by atoms with Gasteiger partial charge in [0.1, 0.15) is 13.2 Å². The molecule has 0 heterocycles. The zero-order valence-electron chi connectivity index (χ0n) is 48.5. The van der Waals surface area contributed by atoms with Gasteiger partial charge >= 0.3 is 17.9 Å². The second-order valence-corrected chi connectivity index (χ2v) is 19.9. The maximum absolute atomic E-state index is 12.9. The van der Waals surface area contributed by atoms with Gasteiger partial charge in [0.25, 0.3) is 0 Å². The fraction of sp³-hybridized carbons (Fsp3) is 0.638. The van der Waals surface area contributed by atoms with Crippen LogP contribution in [0.4, 0.5) is 0 Å². The normalized spacial score (nSPS) is 13.1. The smallest absolute Gasteiger partial charge is 0.306 e. The molecule has 0 rings (SSSR count). The molecule has 0 aromatic carbocycles. The molecule has 0 aliphatic heterocycles. The van der Waals surface area contributed by atoms with Crippen molar-refractivity contribution in [3.05, 3.63) is 134 Å². The molecule has 0 radical (unpaired) electrons. The van der Waals surface area contributed by atoms with E-state index in [1.165, 1.54) is 128 Å². The Balaban J connectivity index is 4.56. The lowest BCUT2D eigenvalue weighted by atomic mass is 10.0. The molecule has 0 aromatic heterocycles. The molecule has 0 N–H and O–H groups in total. The molecule has 6 nitrogen and oxygen atoms in total. The number of ether oxygens (including phenoxy) is 3. The van der Waals surface area contributed by atoms with E-state index in [0.29, 0.717) is 19.3 Å². The van der Waals surface area contributed by atoms with Gasteiger partial charge in [-0.15, -0.1) is 0 Å². The first-order valence-electron chi connectivity index (χ1n) is 30.7. The molecule has 1 atom stereocenters. The number of rotatable bonds is 54. The zero-order chi connectivity index (χ0) is 54.3. The van der Waals surface area contributed by atoms with Crippen LogP contribution in [0.5, 0.6) is 0 Å². The molecule has 6 heteroatoms. The third-order valence-electron chi connectivity index (χ3n) is 12.6. The van der Waals surface area contributed by atoms with E-state index in [0.717, 1.165) is 83.5 Å². The number of carbonyl (C=O) groups is 3. The summed E-state index contributed by atoms with van der Waals surface area (Å²) in [6, 6.07) is 0. The maximum Gasteiger partial charge on any atom is 0.306 e. The van der Waals surface area contributed by atoms with Crippen molar-refractivity contribution in [2.75, 3.05) is 13.2 Å². The van der Waals surface area contributed by atoms with Gasteiger partial charge < -0.3 is 14.2 Å². The average molecular weight is 1040 g/mol. The van der Waals surface area contributed by atoms with Crippen LogP contribution in [0.1, 0.15) is 265 Å². The lowest BCUT2D eigenvalue weighted by Gasteiger charge is -2.18. The Bertz CT molecular complexity index is 1620. The van der Waals surface area contributed by atoms with Crippen molar-refractivity contribution in [3.8, 4) is 0 Å². The first-order chi connectivity index (χ1) is 37.0. The Kier molecular flexibility index (Phi) is 58.4. The zero-order valence-corrected chi connectivity index (χ0v) is 48.5. The maximum atomic E-state index is 12.9. The van der Waals surface area contributed by atoms with Gasteiger partial charge in [0, 0.05) is 19.3 Å². The highest BCUT2D eigenvalue weighted by Crippen LogP contribution is 2.14. The number of allylic oxidation sites excluding steroid dienone is 22. The number of hydrogen-bond donors (Lipinski definition) is 0. The topological polar surface area (TPSA) is 78.9 Å². The first kappa shape index (κ1) is 70.5. The first-order valence-corrected chi connectivity index (χ1v) is 30.7. The third kappa shape index (κ3) is 60.3. The van der Waals surface area contributed by atoms with Gasteiger partial charge in [0.15, 0.2) is 6.10 Å². The highest BCUT2D eigenvalue weighted by molar-refractivity contribution is 5.71. The Labute approximate surface area is 462 Å². The van der Waals surface area contributed by atoms with Crippen molar-refractivity contribution in [1.29, 1.82) is 0 Å². The monoisotopic (exact) mass is 1040 g/mol. The Morgan fingerprint density at radius 3 is 0.960 bits per heavy atom. The molecule has 0 fully saturated rings. The van der Waals surface area contributed by atoms with E-state index in [2.05, 4.69) is 142 Å². The van der Waals surface area contributed by atoms with E-state index >= 15 is 0 Å². The molecule has 0 amide bonds. The average Bonchev–Trinajstić information content (AvgIpc) is 3.41. The van der Waals surface area contributed by atoms with Gasteiger partial charge in [-0.2, -0.15) is 0 Å². The summed E-state index contributed by atoms with van der Waals surface area (Å²) < 4.78 is 16.8. The molecule has 0 saturated carbocycles. The number of esters is 3. The molecular formula is C69H112O6. The van der Waals surface area contributed by atoms with Gasteiger partial charge in [-0.25, -0.2) is 0 Å². The molecule has 0 aromatic rings. The van der Waals surface area contributed by atoms with Crippen molar-refractivity contribution in [1.82, 2.24) is 0 Å². The summed E-state index contributed by atoms with van der Waals surface area (Å²) in [5.74, 6) is -1.08. The third-order valence-corrected chi connectivity index (χ3v) is 12.6. The number of unbranched alkanes of at least 4 members (excludes halogenated alkanes) is 21. The summed E-state index contributed by atoms with van der Waals surface area (Å²) in [6.07, 6.45) is 87.5. The van der Waals surface area contributed by atoms with Gasteiger partial charge in [0.05, 0.1) is 0 Å². The summed E-state index contributed by atoms with van der Waals surface area (Å²) in [5, 5.41) is 0. The van der Waals surface area contributed by atoms with Gasteiger partial charge in [0.2, 0.25) is 0 Å². The van der Waals surface area contributed by atoms with Crippen LogP contribution in [0.2, 0.25) is 0 Å². The lowest BCUT2D eigenvalue weighted by Crippen LogP contribution is -2.30. The van der Waals surface area contributed by atoms with Crippen molar-refractivity contribution >= 4 is 17.9 Å². The fourth-order valence-electron chi connectivity index (χ4n) is 8.04. The minimum Gasteiger partial charge on any atom is -0.462 e. The van der Waals surface area contributed by atoms with E-state index in [1.807, 2.05) is 12.2 Å². The van der Waals surface area contributed by atoms with Crippen LogP contribution in [0, 0.1) is 0 Å². The van der Waals surface area contributed by atoms with Gasteiger partial charge in [-0.05, 0) is 122 Å². The van der Waals surface area contributed by atoms with E-state index in [-0.39, 0.29) is 38.0 Å². The van der Waals surface area contributed by atoms with Crippen LogP contribution >= 0.6 is 0 Å². The van der Waals surface area contributed by atoms with E-state index < -0.39 is 12.1 Å². The van der Waals surface area contributed by atoms with Crippen LogP contribution in [0.3, 0.4) is 0 Å². The van der Waals surface area contributed by atoms with Crippen LogP contribution in [0.15, 0.2) is 134 Å². The largest absolute Gasteiger partial charge is 0.462 e. The molecule has 0 bridgehead atoms. The van der Waals surface area contributed by atoms with E-state index in [1.54, 1.807) is 0 Å². The SMILES string of the molecule is CC/C=C\C/C=C\C/C=C\C/C=C\C/C=C\CCCC(=O)OC[C@H](COC(=O)CCCCCCCCCCCCC/C=C\CCCCCCCC)OC(=O)CC/C=C\C/C=C\C/C=C\C/C=C\C/C=C\CCCCC. The Morgan fingerprint density at radius 2 is 0.560 bits per heavy atom. The van der Waals surface area contributed by atoms with E-state index in [9.17, 15) is 14.4 Å². The summed E-state index contributed by atoms with van der Waals surface area (Å²) in [7, 11) is 0. The number of carbonyl (C=O) groups excluding carboxylic acids is 3. The molecule has 0 aliphatic rings. The van der Waals surface area contributed by atoms with Crippen molar-refractivity contribution in [2.45, 2.75) is 271 Å². The quantitative estimate of drug-likeness (QED) is 0.0261. The second-order valence-electron chi connectivity index (χ2n) is 19.9. The molecule has 75 heavy (non-hydrogen) atoms. The second kappa shape index (κ2) is 62.1. The Morgan fingerprint density at radius 1 is 0.280 bits per heavy atom. The standard InChI is InChI=1S/C69H112O6/c1-4-7-10-13-16-19-22-25-28-31-33-34-36-38-41-44-47-50-53-56-59-62-68(71)74-65-66(64-73-67(70)61-58-55-52-49-46-43-40-37-30-27-24-21-18-15-12-9-6-3)75-69(72)63-60-57-54-51-48-45-42-39-35-32-29-26-23-20-17-14-11-8-5-2/h9,12,17-18,20-21,25-30,35,39-40,43,45,48-49,52,54,57,66H,4-8,10-11,13-16,19,22-24,31-34,36-38,41-42,44,46-47,50-51,53,55-56,58-65H2,1-3H3/b12-9-,20-17-,21-18-,28-25-,29-26-,30-27-,39-35-,43-40-,48-45-,52-49-,57-54-/t66-/m1/s1. The molecule has 424 valence electrons. The van der Waals surface area contributed by atoms with Crippen LogP contribution < -0.4 is 0 Å². The minimum absolute atomic E-state index is 0.129. The summed E-state index contributed by atoms with van der Waals surface area (Å²) in [6.45, 7) is 6.39. The van der Waals surface area contributed by atoms with E-state index in [4.69, 9.17) is 14.2 Å². The highest BCUT2D eigenvalue weighted by atomic mass is 16.6. The van der Waals surface area contributed by atoms with Crippen LogP contribution in [-0.4, -0.2) is 37.2 Å². The molecule has 0 saturated heterocycles. The predicted octanol–water partition coefficient (Wildman–Crippen LogP) is 21.0. The molecular weight excluding hydrogens is 925 g/mol. The highest BCUT2D eigenvalue weighted by Gasteiger charge is 2.19. The summed E-state index contributed by atoms with van der Waals surface area (Å²) in [5.41, 5.74) is 0. The van der Waals surface area contributed by atoms with Crippen molar-refractivity contribution in [2.24, 2.45) is 0 Å². The number of hydrogen-bond acceptors (Lipinski definition) is 6. The summed E-state index contributed by atoms with van der Waals surface area (Å²) in [4.78, 5) is 38.2. The van der Waals surface area contributed by atoms with Crippen molar-refractivity contribution < 1.29 is 28.6 Å². The van der Waals surface area contributed by atoms with Gasteiger partial charge in [-0.1, -0.05) is 257 Å². The summed E-state index contributed by atoms with van der Waals surface area (Å²) >= 11 is 0. The molecule has 0 spiro atoms. The molecule has 0 aliphatic carbocycles.